The number of hydrogen-bond donors (Lipinski definition) is 2. The fourth-order valence-corrected chi connectivity index (χ4v) is 1.98. The Morgan fingerprint density at radius 2 is 2.14 bits per heavy atom. The van der Waals surface area contributed by atoms with Gasteiger partial charge in [-0.05, 0) is 17.5 Å². The topological polar surface area (TPSA) is 57.5 Å². The van der Waals surface area contributed by atoms with Gasteiger partial charge in [-0.25, -0.2) is 0 Å². The minimum absolute atomic E-state index is 0.284. The van der Waals surface area contributed by atoms with Crippen molar-refractivity contribution < 1.29 is 15.0 Å². The van der Waals surface area contributed by atoms with Gasteiger partial charge in [0.15, 0.2) is 5.78 Å². The summed E-state index contributed by atoms with van der Waals surface area (Å²) in [5.41, 5.74) is 1.83. The van der Waals surface area contributed by atoms with Crippen LogP contribution in [-0.4, -0.2) is 22.6 Å². The van der Waals surface area contributed by atoms with Gasteiger partial charge in [0.05, 0.1) is 12.0 Å². The van der Waals surface area contributed by atoms with Gasteiger partial charge in [-0.15, -0.1) is 0 Å². The molecule has 2 rings (SSSR count). The summed E-state index contributed by atoms with van der Waals surface area (Å²) in [6.07, 6.45) is -0.206. The predicted octanol–water partition coefficient (Wildman–Crippen LogP) is 0.454. The Bertz CT molecular complexity index is 359. The van der Waals surface area contributed by atoms with Crippen molar-refractivity contribution in [3.63, 3.8) is 0 Å². The van der Waals surface area contributed by atoms with E-state index >= 15 is 0 Å². The summed E-state index contributed by atoms with van der Waals surface area (Å²) in [7, 11) is 0. The fourth-order valence-electron chi connectivity index (χ4n) is 1.98. The van der Waals surface area contributed by atoms with Gasteiger partial charge < -0.3 is 10.2 Å². The van der Waals surface area contributed by atoms with Crippen molar-refractivity contribution in [3.8, 4) is 0 Å². The molecule has 2 unspecified atom stereocenters. The van der Waals surface area contributed by atoms with Crippen LogP contribution in [0.15, 0.2) is 24.3 Å². The van der Waals surface area contributed by atoms with Gasteiger partial charge in [-0.3, -0.25) is 4.79 Å². The molecular weight excluding hydrogens is 180 g/mol. The Hall–Kier alpha value is -1.19. The molecule has 14 heavy (non-hydrogen) atoms. The molecule has 0 saturated heterocycles. The van der Waals surface area contributed by atoms with E-state index in [-0.39, 0.29) is 5.78 Å². The highest BCUT2D eigenvalue weighted by Crippen LogP contribution is 2.36. The number of aliphatic hydroxyl groups excluding tert-OH is 2. The molecule has 1 aliphatic rings. The third kappa shape index (κ3) is 1.35. The highest BCUT2D eigenvalue weighted by Gasteiger charge is 2.34. The van der Waals surface area contributed by atoms with Crippen molar-refractivity contribution in [1.29, 1.82) is 0 Å². The van der Waals surface area contributed by atoms with Gasteiger partial charge in [0, 0.05) is 0 Å². The molecule has 3 nitrogen and oxygen atoms in total. The molecule has 3 heteroatoms. The lowest BCUT2D eigenvalue weighted by Gasteiger charge is -2.11. The zero-order valence-corrected chi connectivity index (χ0v) is 7.68. The maximum Gasteiger partial charge on any atom is 0.164 e. The minimum Gasteiger partial charge on any atom is -0.389 e. The maximum absolute atomic E-state index is 11.3. The first-order chi connectivity index (χ1) is 6.74. The van der Waals surface area contributed by atoms with Crippen LogP contribution < -0.4 is 0 Å². The van der Waals surface area contributed by atoms with Gasteiger partial charge in [0.1, 0.15) is 6.61 Å². The Kier molecular flexibility index (Phi) is 2.35. The van der Waals surface area contributed by atoms with E-state index in [1.54, 1.807) is 0 Å². The van der Waals surface area contributed by atoms with E-state index < -0.39 is 18.6 Å². The molecular formula is C11H12O3. The van der Waals surface area contributed by atoms with Gasteiger partial charge in [-0.2, -0.15) is 0 Å². The number of aliphatic hydroxyl groups is 2. The number of ketones is 1. The number of fused-ring (bicyclic) bond motifs is 1. The zero-order valence-electron chi connectivity index (χ0n) is 7.68. The standard InChI is InChI=1S/C11H12O3/c12-6-10(13)9-5-7-3-1-2-4-8(7)11(9)14/h1-4,9,11-12,14H,5-6H2. The number of benzene rings is 1. The van der Waals surface area contributed by atoms with Crippen molar-refractivity contribution in [2.75, 3.05) is 6.61 Å². The Labute approximate surface area is 82.0 Å². The first kappa shape index (κ1) is 9.37. The predicted molar refractivity (Wildman–Crippen MR) is 50.7 cm³/mol. The van der Waals surface area contributed by atoms with E-state index in [1.165, 1.54) is 0 Å². The highest BCUT2D eigenvalue weighted by atomic mass is 16.3. The summed E-state index contributed by atoms with van der Waals surface area (Å²) in [5.74, 6) is -0.744. The largest absolute Gasteiger partial charge is 0.389 e. The normalized spacial score (nSPS) is 24.7. The molecule has 0 heterocycles. The molecule has 0 bridgehead atoms. The van der Waals surface area contributed by atoms with Crippen molar-refractivity contribution in [2.24, 2.45) is 5.92 Å². The van der Waals surface area contributed by atoms with Crippen LogP contribution in [0.2, 0.25) is 0 Å². The third-order valence-corrected chi connectivity index (χ3v) is 2.76. The first-order valence-corrected chi connectivity index (χ1v) is 4.63. The summed E-state index contributed by atoms with van der Waals surface area (Å²) in [4.78, 5) is 11.3. The number of hydrogen-bond acceptors (Lipinski definition) is 3. The van der Waals surface area contributed by atoms with Crippen molar-refractivity contribution in [1.82, 2.24) is 0 Å². The van der Waals surface area contributed by atoms with E-state index in [9.17, 15) is 9.90 Å². The SMILES string of the molecule is O=C(CO)C1Cc2ccccc2C1O. The molecule has 0 radical (unpaired) electrons. The number of carbonyl (C=O) groups is 1. The molecule has 1 aromatic rings. The van der Waals surface area contributed by atoms with E-state index in [4.69, 9.17) is 5.11 Å². The fraction of sp³-hybridized carbons (Fsp3) is 0.364. The molecule has 2 N–H and O–H groups in total. The van der Waals surface area contributed by atoms with Crippen LogP contribution in [0.25, 0.3) is 0 Å². The van der Waals surface area contributed by atoms with Crippen LogP contribution in [0.3, 0.4) is 0 Å². The lowest BCUT2D eigenvalue weighted by molar-refractivity contribution is -0.128. The van der Waals surface area contributed by atoms with E-state index in [1.807, 2.05) is 24.3 Å². The maximum atomic E-state index is 11.3. The molecule has 0 spiro atoms. The Balaban J connectivity index is 2.30. The van der Waals surface area contributed by atoms with E-state index in [0.29, 0.717) is 6.42 Å². The second-order valence-electron chi connectivity index (χ2n) is 3.58. The monoisotopic (exact) mass is 192 g/mol. The molecule has 0 aliphatic heterocycles. The van der Waals surface area contributed by atoms with Crippen LogP contribution in [0.4, 0.5) is 0 Å². The van der Waals surface area contributed by atoms with Crippen LogP contribution >= 0.6 is 0 Å². The quantitative estimate of drug-likeness (QED) is 0.715. The van der Waals surface area contributed by atoms with Crippen molar-refractivity contribution in [2.45, 2.75) is 12.5 Å². The number of carbonyl (C=O) groups excluding carboxylic acids is 1. The van der Waals surface area contributed by atoms with Crippen molar-refractivity contribution in [3.05, 3.63) is 35.4 Å². The summed E-state index contributed by atoms with van der Waals surface area (Å²) in [6, 6.07) is 7.46. The van der Waals surface area contributed by atoms with Crippen LogP contribution in [0, 0.1) is 5.92 Å². The average Bonchev–Trinajstić information content (AvgIpc) is 2.56. The van der Waals surface area contributed by atoms with Crippen LogP contribution in [0.5, 0.6) is 0 Å². The smallest absolute Gasteiger partial charge is 0.164 e. The van der Waals surface area contributed by atoms with Crippen LogP contribution in [0.1, 0.15) is 17.2 Å². The van der Waals surface area contributed by atoms with E-state index in [2.05, 4.69) is 0 Å². The minimum atomic E-state index is -0.745. The van der Waals surface area contributed by atoms with Gasteiger partial charge in [0.2, 0.25) is 0 Å². The Morgan fingerprint density at radius 3 is 2.79 bits per heavy atom. The van der Waals surface area contributed by atoms with Crippen molar-refractivity contribution >= 4 is 5.78 Å². The molecule has 1 aliphatic carbocycles. The second-order valence-corrected chi connectivity index (χ2v) is 3.58. The molecule has 1 aromatic carbocycles. The zero-order chi connectivity index (χ0) is 10.1. The lowest BCUT2D eigenvalue weighted by Crippen LogP contribution is -2.21. The van der Waals surface area contributed by atoms with Crippen LogP contribution in [-0.2, 0) is 11.2 Å². The molecule has 74 valence electrons. The highest BCUT2D eigenvalue weighted by molar-refractivity contribution is 5.84. The number of rotatable bonds is 2. The molecule has 0 saturated carbocycles. The van der Waals surface area contributed by atoms with Gasteiger partial charge in [-0.1, -0.05) is 24.3 Å². The first-order valence-electron chi connectivity index (χ1n) is 4.63. The van der Waals surface area contributed by atoms with E-state index in [0.717, 1.165) is 11.1 Å². The third-order valence-electron chi connectivity index (χ3n) is 2.76. The summed E-state index contributed by atoms with van der Waals surface area (Å²) < 4.78 is 0. The Morgan fingerprint density at radius 1 is 1.43 bits per heavy atom. The number of Topliss-reactive ketones (excluding diaryl/α,β-unsaturated/α-hetero) is 1. The lowest BCUT2D eigenvalue weighted by atomic mass is 9.99. The molecule has 0 fully saturated rings. The summed E-state index contributed by atoms with van der Waals surface area (Å²) in [6.45, 7) is -0.490. The summed E-state index contributed by atoms with van der Waals surface area (Å²) >= 11 is 0. The average molecular weight is 192 g/mol. The summed E-state index contributed by atoms with van der Waals surface area (Å²) in [5, 5.41) is 18.5. The molecule has 2 atom stereocenters. The molecule has 0 amide bonds. The molecule has 0 aromatic heterocycles. The van der Waals surface area contributed by atoms with Gasteiger partial charge in [0.25, 0.3) is 0 Å². The second kappa shape index (κ2) is 3.52. The van der Waals surface area contributed by atoms with Gasteiger partial charge >= 0.3 is 0 Å².